The molecule has 0 radical (unpaired) electrons. The van der Waals surface area contributed by atoms with Crippen molar-refractivity contribution in [2.75, 3.05) is 31.6 Å². The van der Waals surface area contributed by atoms with Crippen LogP contribution in [-0.4, -0.2) is 59.9 Å². The third-order valence-electron chi connectivity index (χ3n) is 3.74. The lowest BCUT2D eigenvalue weighted by Crippen LogP contribution is -2.50. The second-order valence-corrected chi connectivity index (χ2v) is 6.25. The van der Waals surface area contributed by atoms with Crippen molar-refractivity contribution < 1.29 is 9.53 Å². The number of rotatable bonds is 4. The lowest BCUT2D eigenvalue weighted by molar-refractivity contribution is -0.141. The zero-order chi connectivity index (χ0) is 15.6. The van der Waals surface area contributed by atoms with Gasteiger partial charge in [-0.3, -0.25) is 9.89 Å². The fourth-order valence-corrected chi connectivity index (χ4v) is 2.58. The first-order valence-electron chi connectivity index (χ1n) is 7.56. The number of aromatic nitrogens is 2. The van der Waals surface area contributed by atoms with Gasteiger partial charge in [-0.25, -0.2) is 0 Å². The van der Waals surface area contributed by atoms with E-state index in [9.17, 15) is 4.79 Å². The molecule has 21 heavy (non-hydrogen) atoms. The minimum absolute atomic E-state index is 0.0981. The number of aromatic amines is 1. The Morgan fingerprint density at radius 1 is 1.48 bits per heavy atom. The molecule has 1 aliphatic rings. The molecule has 1 amide bonds. The molecule has 2 unspecified atom stereocenters. The number of nitrogens with zero attached hydrogens (tertiary/aromatic N) is 3. The van der Waals surface area contributed by atoms with Crippen molar-refractivity contribution in [1.29, 1.82) is 0 Å². The quantitative estimate of drug-likeness (QED) is 0.916. The van der Waals surface area contributed by atoms with Crippen molar-refractivity contribution in [2.24, 2.45) is 0 Å². The molecule has 1 N–H and O–H groups in total. The number of H-pyrrole nitrogens is 1. The summed E-state index contributed by atoms with van der Waals surface area (Å²) in [5, 5.41) is 7.29. The summed E-state index contributed by atoms with van der Waals surface area (Å²) in [6.45, 7) is 9.88. The summed E-state index contributed by atoms with van der Waals surface area (Å²) >= 11 is 0. The molecule has 2 heterocycles. The first kappa shape index (κ1) is 15.8. The average molecular weight is 294 g/mol. The molecule has 0 aliphatic carbocycles. The maximum atomic E-state index is 12.4. The van der Waals surface area contributed by atoms with Gasteiger partial charge >= 0.3 is 0 Å². The number of carbonyl (C=O) groups is 1. The number of hydrogen-bond donors (Lipinski definition) is 1. The Morgan fingerprint density at radius 2 is 2.10 bits per heavy atom. The van der Waals surface area contributed by atoms with Gasteiger partial charge in [-0.1, -0.05) is 13.8 Å². The maximum Gasteiger partial charge on any atom is 0.242 e. The number of likely N-dealkylation sites (N-methyl/N-ethyl adjacent to an activating group) is 1. The van der Waals surface area contributed by atoms with Gasteiger partial charge in [0.1, 0.15) is 0 Å². The van der Waals surface area contributed by atoms with Gasteiger partial charge in [-0.05, 0) is 19.8 Å². The minimum atomic E-state index is 0.0981. The van der Waals surface area contributed by atoms with Crippen LogP contribution in [0.2, 0.25) is 0 Å². The molecular formula is C15H26N4O2. The molecule has 0 saturated carbocycles. The Hall–Kier alpha value is -1.56. The molecule has 1 saturated heterocycles. The van der Waals surface area contributed by atoms with Gasteiger partial charge in [-0.2, -0.15) is 5.10 Å². The van der Waals surface area contributed by atoms with Crippen LogP contribution in [0, 0.1) is 0 Å². The molecule has 0 aromatic carbocycles. The monoisotopic (exact) mass is 294 g/mol. The summed E-state index contributed by atoms with van der Waals surface area (Å²) < 4.78 is 5.66. The summed E-state index contributed by atoms with van der Waals surface area (Å²) in [5.74, 6) is 1.33. The van der Waals surface area contributed by atoms with Crippen molar-refractivity contribution in [3.8, 4) is 0 Å². The van der Waals surface area contributed by atoms with Crippen molar-refractivity contribution >= 4 is 11.7 Å². The fourth-order valence-electron chi connectivity index (χ4n) is 2.58. The molecule has 6 heteroatoms. The van der Waals surface area contributed by atoms with Crippen LogP contribution in [-0.2, 0) is 9.53 Å². The van der Waals surface area contributed by atoms with E-state index in [1.165, 1.54) is 0 Å². The first-order chi connectivity index (χ1) is 9.86. The van der Waals surface area contributed by atoms with Crippen molar-refractivity contribution in [3.63, 3.8) is 0 Å². The third-order valence-corrected chi connectivity index (χ3v) is 3.74. The Bertz CT molecular complexity index is 476. The molecule has 2 atom stereocenters. The second-order valence-electron chi connectivity index (χ2n) is 6.25. The van der Waals surface area contributed by atoms with E-state index in [1.807, 2.05) is 36.8 Å². The van der Waals surface area contributed by atoms with E-state index in [0.717, 1.165) is 11.5 Å². The van der Waals surface area contributed by atoms with Gasteiger partial charge in [0.05, 0.1) is 18.8 Å². The van der Waals surface area contributed by atoms with Crippen molar-refractivity contribution in [2.45, 2.75) is 45.8 Å². The van der Waals surface area contributed by atoms with E-state index in [2.05, 4.69) is 24.0 Å². The van der Waals surface area contributed by atoms with E-state index >= 15 is 0 Å². The topological polar surface area (TPSA) is 61.5 Å². The number of carbonyl (C=O) groups excluding carboxylic acids is 1. The van der Waals surface area contributed by atoms with E-state index < -0.39 is 0 Å². The summed E-state index contributed by atoms with van der Waals surface area (Å²) in [5.41, 5.74) is 1.08. The fraction of sp³-hybridized carbons (Fsp3) is 0.733. The van der Waals surface area contributed by atoms with Crippen LogP contribution < -0.4 is 4.90 Å². The third kappa shape index (κ3) is 3.97. The van der Waals surface area contributed by atoms with Crippen LogP contribution in [0.15, 0.2) is 6.07 Å². The van der Waals surface area contributed by atoms with Gasteiger partial charge in [0.2, 0.25) is 5.91 Å². The molecule has 1 aliphatic heterocycles. The van der Waals surface area contributed by atoms with Crippen LogP contribution in [0.25, 0.3) is 0 Å². The normalized spacial score (nSPS) is 22.7. The summed E-state index contributed by atoms with van der Waals surface area (Å²) in [6, 6.07) is 2.00. The molecular weight excluding hydrogens is 268 g/mol. The molecule has 118 valence electrons. The summed E-state index contributed by atoms with van der Waals surface area (Å²) in [4.78, 5) is 16.2. The zero-order valence-electron chi connectivity index (χ0n) is 13.6. The standard InChI is InChI=1S/C15H26N4O2/c1-10(2)13-6-14(17-16-13)18(5)9-15(20)19-7-11(3)21-12(4)8-19/h6,10-12H,7-9H2,1-5H3,(H,16,17). The highest BCUT2D eigenvalue weighted by Crippen LogP contribution is 2.18. The highest BCUT2D eigenvalue weighted by molar-refractivity contribution is 5.81. The van der Waals surface area contributed by atoms with Crippen LogP contribution in [0.4, 0.5) is 5.82 Å². The van der Waals surface area contributed by atoms with E-state index in [1.54, 1.807) is 0 Å². The largest absolute Gasteiger partial charge is 0.372 e. The van der Waals surface area contributed by atoms with Gasteiger partial charge in [0, 0.05) is 31.9 Å². The smallest absolute Gasteiger partial charge is 0.242 e. The van der Waals surface area contributed by atoms with Crippen LogP contribution in [0.1, 0.15) is 39.3 Å². The molecule has 1 aromatic rings. The van der Waals surface area contributed by atoms with E-state index in [0.29, 0.717) is 25.6 Å². The number of nitrogens with one attached hydrogen (secondary N) is 1. The predicted octanol–water partition coefficient (Wildman–Crippen LogP) is 1.61. The minimum Gasteiger partial charge on any atom is -0.372 e. The van der Waals surface area contributed by atoms with Gasteiger partial charge in [0.15, 0.2) is 5.82 Å². The Labute approximate surface area is 126 Å². The summed E-state index contributed by atoms with van der Waals surface area (Å²) in [6.07, 6.45) is 0.196. The molecule has 0 spiro atoms. The van der Waals surface area contributed by atoms with Gasteiger partial charge < -0.3 is 14.5 Å². The van der Waals surface area contributed by atoms with Crippen molar-refractivity contribution in [1.82, 2.24) is 15.1 Å². The Balaban J connectivity index is 1.94. The van der Waals surface area contributed by atoms with E-state index in [-0.39, 0.29) is 18.1 Å². The van der Waals surface area contributed by atoms with Crippen LogP contribution in [0.3, 0.4) is 0 Å². The number of morpholine rings is 1. The lowest BCUT2D eigenvalue weighted by Gasteiger charge is -2.36. The van der Waals surface area contributed by atoms with E-state index in [4.69, 9.17) is 4.74 Å². The SMILES string of the molecule is CC1CN(C(=O)CN(C)c2cc(C(C)C)[nH]n2)CC(C)O1. The van der Waals surface area contributed by atoms with Crippen LogP contribution in [0.5, 0.6) is 0 Å². The zero-order valence-corrected chi connectivity index (χ0v) is 13.6. The Kier molecular flexibility index (Phi) is 4.88. The molecule has 1 fully saturated rings. The molecule has 0 bridgehead atoms. The van der Waals surface area contributed by atoms with Gasteiger partial charge in [0.25, 0.3) is 0 Å². The average Bonchev–Trinajstić information content (AvgIpc) is 2.87. The van der Waals surface area contributed by atoms with Crippen LogP contribution >= 0.6 is 0 Å². The Morgan fingerprint density at radius 3 is 2.62 bits per heavy atom. The highest BCUT2D eigenvalue weighted by Gasteiger charge is 2.26. The van der Waals surface area contributed by atoms with Gasteiger partial charge in [-0.15, -0.1) is 0 Å². The maximum absolute atomic E-state index is 12.4. The predicted molar refractivity (Wildman–Crippen MR) is 82.5 cm³/mol. The second kappa shape index (κ2) is 6.47. The number of ether oxygens (including phenoxy) is 1. The highest BCUT2D eigenvalue weighted by atomic mass is 16.5. The molecule has 1 aromatic heterocycles. The lowest BCUT2D eigenvalue weighted by atomic mass is 10.1. The molecule has 2 rings (SSSR count). The number of anilines is 1. The molecule has 6 nitrogen and oxygen atoms in total. The summed E-state index contributed by atoms with van der Waals surface area (Å²) in [7, 11) is 1.89. The first-order valence-corrected chi connectivity index (χ1v) is 7.56. The van der Waals surface area contributed by atoms with Crippen molar-refractivity contribution in [3.05, 3.63) is 11.8 Å². The number of amides is 1. The number of hydrogen-bond acceptors (Lipinski definition) is 4.